The van der Waals surface area contributed by atoms with Gasteiger partial charge in [-0.15, -0.1) is 0 Å². The number of nitrogens with two attached hydrogens (primary N) is 1. The molecular weight excluding hydrogens is 337 g/mol. The molecule has 0 unspecified atom stereocenters. The Bertz CT molecular complexity index is 611. The van der Waals surface area contributed by atoms with Gasteiger partial charge in [0.2, 0.25) is 5.91 Å². The molecule has 2 amide bonds. The molecule has 2 rings (SSSR count). The molecule has 1 saturated carbocycles. The topological polar surface area (TPSA) is 92.4 Å². The average Bonchev–Trinajstić information content (AvgIpc) is 2.58. The number of rotatable bonds is 5. The molecule has 0 saturated heterocycles. The average molecular weight is 358 g/mol. The Morgan fingerprint density at radius 1 is 1.12 bits per heavy atom. The van der Waals surface area contributed by atoms with Crippen molar-refractivity contribution in [3.8, 4) is 0 Å². The highest BCUT2D eigenvalue weighted by Crippen LogP contribution is 2.30. The number of aliphatic hydroxyl groups is 1. The fraction of sp³-hybridized carbons (Fsp3) is 0.529. The highest BCUT2D eigenvalue weighted by atomic mass is 19.4. The number of carbonyl (C=O) groups is 2. The number of alkyl halides is 3. The summed E-state index contributed by atoms with van der Waals surface area (Å²) >= 11 is 0. The van der Waals surface area contributed by atoms with Gasteiger partial charge >= 0.3 is 6.18 Å². The number of hydrogen-bond donors (Lipinski definition) is 3. The second kappa shape index (κ2) is 7.86. The Kier molecular flexibility index (Phi) is 6.05. The number of hydrogen-bond acceptors (Lipinski definition) is 3. The van der Waals surface area contributed by atoms with Crippen molar-refractivity contribution >= 4 is 11.8 Å². The third kappa shape index (κ3) is 4.94. The molecule has 25 heavy (non-hydrogen) atoms. The van der Waals surface area contributed by atoms with Crippen LogP contribution in [0.25, 0.3) is 0 Å². The van der Waals surface area contributed by atoms with Crippen molar-refractivity contribution in [2.24, 2.45) is 11.7 Å². The van der Waals surface area contributed by atoms with Crippen LogP contribution in [0, 0.1) is 5.92 Å². The zero-order chi connectivity index (χ0) is 18.6. The Labute approximate surface area is 143 Å². The van der Waals surface area contributed by atoms with E-state index in [1.165, 1.54) is 0 Å². The van der Waals surface area contributed by atoms with Crippen LogP contribution in [0.3, 0.4) is 0 Å². The highest BCUT2D eigenvalue weighted by molar-refractivity contribution is 5.89. The van der Waals surface area contributed by atoms with Gasteiger partial charge in [0, 0.05) is 0 Å². The van der Waals surface area contributed by atoms with Gasteiger partial charge in [0.05, 0.1) is 5.56 Å². The molecule has 5 nitrogen and oxygen atoms in total. The van der Waals surface area contributed by atoms with Crippen LogP contribution in [-0.4, -0.2) is 23.0 Å². The number of carbonyl (C=O) groups excluding carboxylic acids is 2. The second-order valence-corrected chi connectivity index (χ2v) is 6.31. The number of nitrogens with one attached hydrogen (secondary N) is 1. The van der Waals surface area contributed by atoms with Gasteiger partial charge in [0.25, 0.3) is 5.91 Å². The van der Waals surface area contributed by atoms with Crippen molar-refractivity contribution in [3.63, 3.8) is 0 Å². The Balaban J connectivity index is 2.06. The van der Waals surface area contributed by atoms with Gasteiger partial charge in [0.1, 0.15) is 6.04 Å². The molecule has 0 radical (unpaired) electrons. The summed E-state index contributed by atoms with van der Waals surface area (Å²) in [4.78, 5) is 23.8. The maximum absolute atomic E-state index is 12.6. The van der Waals surface area contributed by atoms with Crippen molar-refractivity contribution < 1.29 is 27.9 Å². The van der Waals surface area contributed by atoms with Crippen LogP contribution in [-0.2, 0) is 15.8 Å². The zero-order valence-electron chi connectivity index (χ0n) is 13.6. The van der Waals surface area contributed by atoms with E-state index in [-0.39, 0.29) is 11.5 Å². The van der Waals surface area contributed by atoms with Gasteiger partial charge in [0.15, 0.2) is 6.10 Å². The van der Waals surface area contributed by atoms with E-state index in [0.717, 1.165) is 56.4 Å². The summed E-state index contributed by atoms with van der Waals surface area (Å²) in [5.41, 5.74) is 4.50. The van der Waals surface area contributed by atoms with Crippen LogP contribution >= 0.6 is 0 Å². The molecule has 8 heteroatoms. The minimum absolute atomic E-state index is 0.0114. The molecule has 4 N–H and O–H groups in total. The molecule has 1 aromatic carbocycles. The molecular formula is C17H21F3N2O3. The predicted octanol–water partition coefficient (Wildman–Crippen LogP) is 2.29. The number of aliphatic hydroxyl groups excluding tert-OH is 1. The molecule has 2 atom stereocenters. The van der Waals surface area contributed by atoms with Crippen molar-refractivity contribution in [2.75, 3.05) is 0 Å². The van der Waals surface area contributed by atoms with Crippen LogP contribution in [0.2, 0.25) is 0 Å². The van der Waals surface area contributed by atoms with Crippen LogP contribution in [0.5, 0.6) is 0 Å². The first kappa shape index (κ1) is 19.2. The number of amides is 2. The maximum atomic E-state index is 12.6. The third-order valence-electron chi connectivity index (χ3n) is 4.53. The summed E-state index contributed by atoms with van der Waals surface area (Å²) in [5, 5.41) is 12.5. The summed E-state index contributed by atoms with van der Waals surface area (Å²) in [7, 11) is 0. The first-order valence-electron chi connectivity index (χ1n) is 8.15. The molecule has 0 spiro atoms. The van der Waals surface area contributed by atoms with Crippen LogP contribution in [0.4, 0.5) is 13.2 Å². The molecule has 1 aliphatic rings. The largest absolute Gasteiger partial charge is 0.416 e. The summed E-state index contributed by atoms with van der Waals surface area (Å²) in [6, 6.07) is 2.76. The molecule has 138 valence electrons. The first-order valence-corrected chi connectivity index (χ1v) is 8.15. The predicted molar refractivity (Wildman–Crippen MR) is 84.1 cm³/mol. The van der Waals surface area contributed by atoms with Gasteiger partial charge in [-0.25, -0.2) is 0 Å². The molecule has 1 aromatic rings. The lowest BCUT2D eigenvalue weighted by Crippen LogP contribution is -2.50. The van der Waals surface area contributed by atoms with E-state index in [0.29, 0.717) is 0 Å². The van der Waals surface area contributed by atoms with Crippen LogP contribution in [0.15, 0.2) is 24.3 Å². The van der Waals surface area contributed by atoms with E-state index in [9.17, 15) is 27.9 Å². The van der Waals surface area contributed by atoms with Crippen molar-refractivity contribution in [2.45, 2.75) is 50.4 Å². The summed E-state index contributed by atoms with van der Waals surface area (Å²) in [6.07, 6.45) is -1.73. The highest BCUT2D eigenvalue weighted by Gasteiger charge is 2.33. The quantitative estimate of drug-likeness (QED) is 0.754. The van der Waals surface area contributed by atoms with Gasteiger partial charge in [-0.1, -0.05) is 31.4 Å². The van der Waals surface area contributed by atoms with E-state index in [1.807, 2.05) is 0 Å². The number of benzene rings is 1. The molecule has 0 bridgehead atoms. The van der Waals surface area contributed by atoms with Crippen LogP contribution < -0.4 is 11.1 Å². The normalized spacial score (nSPS) is 18.4. The van der Waals surface area contributed by atoms with Crippen molar-refractivity contribution in [3.05, 3.63) is 35.4 Å². The van der Waals surface area contributed by atoms with Crippen molar-refractivity contribution in [1.82, 2.24) is 5.32 Å². The van der Waals surface area contributed by atoms with E-state index in [2.05, 4.69) is 5.32 Å². The Morgan fingerprint density at radius 2 is 1.68 bits per heavy atom. The van der Waals surface area contributed by atoms with Crippen molar-refractivity contribution in [1.29, 1.82) is 0 Å². The smallest absolute Gasteiger partial charge is 0.378 e. The number of primary amides is 1. The van der Waals surface area contributed by atoms with E-state index in [4.69, 9.17) is 5.73 Å². The molecule has 0 aliphatic heterocycles. The maximum Gasteiger partial charge on any atom is 0.416 e. The van der Waals surface area contributed by atoms with Gasteiger partial charge in [-0.3, -0.25) is 9.59 Å². The molecule has 0 heterocycles. The third-order valence-corrected chi connectivity index (χ3v) is 4.53. The second-order valence-electron chi connectivity index (χ2n) is 6.31. The van der Waals surface area contributed by atoms with Gasteiger partial charge in [-0.05, 0) is 36.5 Å². The fourth-order valence-corrected chi connectivity index (χ4v) is 3.13. The molecule has 0 aromatic heterocycles. The SMILES string of the molecule is NC(=O)[C@H](NC(=O)[C@H](O)c1ccc(C(F)(F)F)cc1)C1CCCCC1. The fourth-order valence-electron chi connectivity index (χ4n) is 3.13. The van der Waals surface area contributed by atoms with Crippen LogP contribution in [0.1, 0.15) is 49.3 Å². The monoisotopic (exact) mass is 358 g/mol. The lowest BCUT2D eigenvalue weighted by Gasteiger charge is -2.29. The van der Waals surface area contributed by atoms with E-state index < -0.39 is 35.7 Å². The summed E-state index contributed by atoms with van der Waals surface area (Å²) in [6.45, 7) is 0. The first-order chi connectivity index (χ1) is 11.7. The zero-order valence-corrected chi connectivity index (χ0v) is 13.6. The van der Waals surface area contributed by atoms with E-state index >= 15 is 0 Å². The molecule has 1 fully saturated rings. The summed E-state index contributed by atoms with van der Waals surface area (Å²) < 4.78 is 37.7. The van der Waals surface area contributed by atoms with E-state index in [1.54, 1.807) is 0 Å². The van der Waals surface area contributed by atoms with Gasteiger partial charge < -0.3 is 16.2 Å². The lowest BCUT2D eigenvalue weighted by molar-refractivity contribution is -0.137. The Hall–Kier alpha value is -2.09. The lowest BCUT2D eigenvalue weighted by atomic mass is 9.83. The summed E-state index contributed by atoms with van der Waals surface area (Å²) in [5.74, 6) is -1.62. The minimum atomic E-state index is -4.50. The minimum Gasteiger partial charge on any atom is -0.378 e. The number of halogens is 3. The molecule has 1 aliphatic carbocycles. The Morgan fingerprint density at radius 3 is 2.16 bits per heavy atom. The van der Waals surface area contributed by atoms with Gasteiger partial charge in [-0.2, -0.15) is 13.2 Å². The standard InChI is InChI=1S/C17H21F3N2O3/c18-17(19,20)12-8-6-11(7-9-12)14(23)16(25)22-13(15(21)24)10-4-2-1-3-5-10/h6-10,13-14,23H,1-5H2,(H2,21,24)(H,22,25)/t13-,14-/m1/s1.